The molecule has 1 unspecified atom stereocenters. The maximum Gasteiger partial charge on any atom is 0.221 e. The zero-order chi connectivity index (χ0) is 13.3. The standard InChI is InChI=1S/C11H18NO4P/c1-2-8(9(14)5-6-11(16)17)12-10(15)4-3-7-13/h7-8H,2-6,17H2,1H3,(H,12,15)/t8-/m0/s1. The van der Waals surface area contributed by atoms with Crippen LogP contribution in [0.1, 0.15) is 39.0 Å². The number of nitrogens with one attached hydrogen (secondary N) is 1. The van der Waals surface area contributed by atoms with E-state index in [4.69, 9.17) is 0 Å². The van der Waals surface area contributed by atoms with Gasteiger partial charge in [-0.25, -0.2) is 0 Å². The molecule has 0 aromatic rings. The highest BCUT2D eigenvalue weighted by molar-refractivity contribution is 7.40. The summed E-state index contributed by atoms with van der Waals surface area (Å²) in [6.45, 7) is 1.78. The summed E-state index contributed by atoms with van der Waals surface area (Å²) in [5.74, 6) is -0.461. The minimum Gasteiger partial charge on any atom is -0.346 e. The molecule has 0 aromatic heterocycles. The van der Waals surface area contributed by atoms with Crippen molar-refractivity contribution in [3.8, 4) is 0 Å². The van der Waals surface area contributed by atoms with Crippen molar-refractivity contribution in [3.05, 3.63) is 0 Å². The molecule has 0 bridgehead atoms. The lowest BCUT2D eigenvalue weighted by atomic mass is 10.1. The van der Waals surface area contributed by atoms with Crippen LogP contribution >= 0.6 is 9.24 Å². The molecule has 0 aliphatic heterocycles. The summed E-state index contributed by atoms with van der Waals surface area (Å²) < 4.78 is 0. The third-order valence-corrected chi connectivity index (χ3v) is 2.53. The first-order valence-corrected chi connectivity index (χ1v) is 6.13. The Hall–Kier alpha value is -1.09. The van der Waals surface area contributed by atoms with Crippen LogP contribution < -0.4 is 5.32 Å². The minimum atomic E-state index is -0.557. The molecule has 0 rings (SSSR count). The zero-order valence-corrected chi connectivity index (χ0v) is 11.1. The molecule has 0 spiro atoms. The fraction of sp³-hybridized carbons (Fsp3) is 0.636. The van der Waals surface area contributed by atoms with Crippen molar-refractivity contribution in [2.24, 2.45) is 0 Å². The maximum absolute atomic E-state index is 11.6. The first kappa shape index (κ1) is 15.9. The molecule has 96 valence electrons. The molecule has 0 saturated carbocycles. The summed E-state index contributed by atoms with van der Waals surface area (Å²) in [6.07, 6.45) is 1.70. The Morgan fingerprint density at radius 1 is 1.24 bits per heavy atom. The van der Waals surface area contributed by atoms with E-state index in [1.165, 1.54) is 0 Å². The average Bonchev–Trinajstić information content (AvgIpc) is 2.30. The lowest BCUT2D eigenvalue weighted by Gasteiger charge is -2.15. The highest BCUT2D eigenvalue weighted by atomic mass is 31.0. The van der Waals surface area contributed by atoms with Crippen LogP contribution in [0.2, 0.25) is 0 Å². The van der Waals surface area contributed by atoms with Crippen LogP contribution in [0, 0.1) is 0 Å². The normalized spacial score (nSPS) is 11.6. The van der Waals surface area contributed by atoms with Crippen molar-refractivity contribution in [1.29, 1.82) is 0 Å². The Bertz CT molecular complexity index is 304. The number of hydrogen-bond donors (Lipinski definition) is 1. The summed E-state index contributed by atoms with van der Waals surface area (Å²) in [6, 6.07) is -0.557. The molecule has 0 aliphatic carbocycles. The topological polar surface area (TPSA) is 80.3 Å². The van der Waals surface area contributed by atoms with Crippen LogP contribution in [-0.2, 0) is 19.2 Å². The summed E-state index contributed by atoms with van der Waals surface area (Å²) >= 11 is 0. The number of Topliss-reactive ketones (excluding diaryl/α,β-unsaturated/α-hetero) is 1. The van der Waals surface area contributed by atoms with Crippen LogP contribution in [0.15, 0.2) is 0 Å². The summed E-state index contributed by atoms with van der Waals surface area (Å²) in [5.41, 5.74) is -0.125. The second kappa shape index (κ2) is 8.99. The van der Waals surface area contributed by atoms with Crippen LogP contribution in [0.25, 0.3) is 0 Å². The van der Waals surface area contributed by atoms with Crippen LogP contribution in [0.4, 0.5) is 0 Å². The lowest BCUT2D eigenvalue weighted by molar-refractivity contribution is -0.128. The van der Waals surface area contributed by atoms with E-state index in [-0.39, 0.29) is 42.9 Å². The number of carbonyl (C=O) groups excluding carboxylic acids is 4. The summed E-state index contributed by atoms with van der Waals surface area (Å²) in [4.78, 5) is 43.8. The van der Waals surface area contributed by atoms with Crippen molar-refractivity contribution in [2.45, 2.75) is 45.1 Å². The number of carbonyl (C=O) groups is 4. The van der Waals surface area contributed by atoms with Gasteiger partial charge >= 0.3 is 0 Å². The smallest absolute Gasteiger partial charge is 0.221 e. The van der Waals surface area contributed by atoms with Crippen molar-refractivity contribution >= 4 is 32.7 Å². The number of hydrogen-bond acceptors (Lipinski definition) is 4. The van der Waals surface area contributed by atoms with Gasteiger partial charge in [0.1, 0.15) is 11.8 Å². The van der Waals surface area contributed by atoms with Crippen molar-refractivity contribution in [2.75, 3.05) is 0 Å². The molecule has 6 heteroatoms. The van der Waals surface area contributed by atoms with Gasteiger partial charge in [0.2, 0.25) is 5.91 Å². The fourth-order valence-electron chi connectivity index (χ4n) is 1.29. The zero-order valence-electron chi connectivity index (χ0n) is 9.90. The van der Waals surface area contributed by atoms with Crippen LogP contribution in [0.5, 0.6) is 0 Å². The second-order valence-corrected chi connectivity index (χ2v) is 4.31. The molecular weight excluding hydrogens is 241 g/mol. The molecule has 0 fully saturated rings. The average molecular weight is 259 g/mol. The molecule has 0 aliphatic rings. The van der Waals surface area contributed by atoms with E-state index in [0.717, 1.165) is 0 Å². The quantitative estimate of drug-likeness (QED) is 0.486. The SMILES string of the molecule is CC[C@H](NC(=O)CCC=O)C(=O)CCC(=O)P. The van der Waals surface area contributed by atoms with Gasteiger partial charge in [-0.3, -0.25) is 14.4 Å². The largest absolute Gasteiger partial charge is 0.346 e. The molecule has 5 nitrogen and oxygen atoms in total. The van der Waals surface area contributed by atoms with Gasteiger partial charge in [-0.2, -0.15) is 0 Å². The first-order chi connectivity index (χ1) is 8.01. The monoisotopic (exact) mass is 259 g/mol. The van der Waals surface area contributed by atoms with Crippen molar-refractivity contribution in [1.82, 2.24) is 5.32 Å². The molecule has 2 atom stereocenters. The van der Waals surface area contributed by atoms with Gasteiger partial charge < -0.3 is 10.1 Å². The van der Waals surface area contributed by atoms with E-state index in [1.807, 2.05) is 9.24 Å². The Morgan fingerprint density at radius 3 is 2.35 bits per heavy atom. The molecule has 17 heavy (non-hydrogen) atoms. The number of ketones is 1. The molecule has 1 N–H and O–H groups in total. The summed E-state index contributed by atoms with van der Waals surface area (Å²) in [5, 5.41) is 2.56. The number of rotatable bonds is 9. The Balaban J connectivity index is 4.12. The van der Waals surface area contributed by atoms with Gasteiger partial charge in [-0.1, -0.05) is 16.2 Å². The van der Waals surface area contributed by atoms with E-state index in [0.29, 0.717) is 12.7 Å². The van der Waals surface area contributed by atoms with E-state index in [9.17, 15) is 19.2 Å². The van der Waals surface area contributed by atoms with Crippen molar-refractivity contribution in [3.63, 3.8) is 0 Å². The van der Waals surface area contributed by atoms with Crippen LogP contribution in [0.3, 0.4) is 0 Å². The molecular formula is C11H18NO4P. The van der Waals surface area contributed by atoms with Gasteiger partial charge in [0, 0.05) is 25.7 Å². The van der Waals surface area contributed by atoms with Gasteiger partial charge in [0.05, 0.1) is 6.04 Å². The highest BCUT2D eigenvalue weighted by Gasteiger charge is 2.18. The molecule has 0 aromatic carbocycles. The van der Waals surface area contributed by atoms with Crippen molar-refractivity contribution < 1.29 is 19.2 Å². The molecule has 0 heterocycles. The Labute approximate surface area is 103 Å². The Kier molecular flexibility index (Phi) is 8.42. The molecule has 0 saturated heterocycles. The second-order valence-electron chi connectivity index (χ2n) is 3.67. The van der Waals surface area contributed by atoms with Gasteiger partial charge in [-0.15, -0.1) is 0 Å². The Morgan fingerprint density at radius 2 is 1.88 bits per heavy atom. The minimum absolute atomic E-state index is 0.0931. The third kappa shape index (κ3) is 7.75. The summed E-state index contributed by atoms with van der Waals surface area (Å²) in [7, 11) is 2.01. The predicted octanol–water partition coefficient (Wildman–Crippen LogP) is 0.611. The highest BCUT2D eigenvalue weighted by Crippen LogP contribution is 2.04. The predicted molar refractivity (Wildman–Crippen MR) is 66.5 cm³/mol. The van der Waals surface area contributed by atoms with Crippen LogP contribution in [-0.4, -0.2) is 29.5 Å². The van der Waals surface area contributed by atoms with Gasteiger partial charge in [0.25, 0.3) is 0 Å². The van der Waals surface area contributed by atoms with Gasteiger partial charge in [0.15, 0.2) is 5.78 Å². The molecule has 0 radical (unpaired) electrons. The van der Waals surface area contributed by atoms with E-state index in [1.54, 1.807) is 6.92 Å². The van der Waals surface area contributed by atoms with E-state index >= 15 is 0 Å². The maximum atomic E-state index is 11.6. The number of aldehydes is 1. The number of amides is 1. The fourth-order valence-corrected chi connectivity index (χ4v) is 1.43. The first-order valence-electron chi connectivity index (χ1n) is 5.55. The lowest BCUT2D eigenvalue weighted by Crippen LogP contribution is -2.40. The molecule has 1 amide bonds. The van der Waals surface area contributed by atoms with E-state index in [2.05, 4.69) is 5.32 Å². The van der Waals surface area contributed by atoms with Gasteiger partial charge in [-0.05, 0) is 6.42 Å². The third-order valence-electron chi connectivity index (χ3n) is 2.24. The van der Waals surface area contributed by atoms with E-state index < -0.39 is 6.04 Å².